The van der Waals surface area contributed by atoms with Gasteiger partial charge in [-0.05, 0) is 49.9 Å². The van der Waals surface area contributed by atoms with E-state index in [-0.39, 0.29) is 12.5 Å². The summed E-state index contributed by atoms with van der Waals surface area (Å²) in [5, 5.41) is 11.5. The first-order valence-electron chi connectivity index (χ1n) is 6.90. The van der Waals surface area contributed by atoms with Gasteiger partial charge < -0.3 is 15.2 Å². The fraction of sp³-hybridized carbons (Fsp3) is 0.533. The smallest absolute Gasteiger partial charge is 0.251 e. The van der Waals surface area contributed by atoms with Crippen LogP contribution in [0, 0.1) is 0 Å². The molecular formula is C15H23NO3. The maximum atomic E-state index is 11.8. The lowest BCUT2D eigenvalue weighted by atomic mass is 10.2. The number of hydrogen-bond acceptors (Lipinski definition) is 3. The van der Waals surface area contributed by atoms with Gasteiger partial charge in [0.1, 0.15) is 5.75 Å². The number of nitrogens with one attached hydrogen (secondary N) is 1. The highest BCUT2D eigenvalue weighted by atomic mass is 16.5. The zero-order valence-electron chi connectivity index (χ0n) is 11.5. The number of aliphatic hydroxyl groups is 1. The molecular weight excluding hydrogens is 242 g/mol. The van der Waals surface area contributed by atoms with Crippen molar-refractivity contribution in [3.8, 4) is 5.75 Å². The predicted octanol–water partition coefficient (Wildman–Crippen LogP) is 2.37. The van der Waals surface area contributed by atoms with Gasteiger partial charge in [0, 0.05) is 18.7 Å². The molecule has 1 rings (SSSR count). The van der Waals surface area contributed by atoms with Gasteiger partial charge in [0.15, 0.2) is 0 Å². The Kier molecular flexibility index (Phi) is 7.66. The Balaban J connectivity index is 2.32. The highest BCUT2D eigenvalue weighted by molar-refractivity contribution is 5.94. The molecule has 1 aromatic carbocycles. The van der Waals surface area contributed by atoms with E-state index in [0.717, 1.165) is 31.4 Å². The average Bonchev–Trinajstić information content (AvgIpc) is 2.45. The Morgan fingerprint density at radius 2 is 1.95 bits per heavy atom. The van der Waals surface area contributed by atoms with Crippen molar-refractivity contribution in [3.63, 3.8) is 0 Å². The molecule has 0 saturated carbocycles. The molecule has 0 spiro atoms. The summed E-state index contributed by atoms with van der Waals surface area (Å²) in [6.07, 6.45) is 3.58. The number of unbranched alkanes of at least 4 members (excludes halogenated alkanes) is 2. The lowest BCUT2D eigenvalue weighted by Crippen LogP contribution is -2.24. The first kappa shape index (κ1) is 15.5. The zero-order chi connectivity index (χ0) is 13.9. The molecule has 106 valence electrons. The fourth-order valence-electron chi connectivity index (χ4n) is 1.64. The number of carbonyl (C=O) groups excluding carboxylic acids is 1. The molecule has 0 unspecified atom stereocenters. The number of hydrogen-bond donors (Lipinski definition) is 2. The van der Waals surface area contributed by atoms with E-state index >= 15 is 0 Å². The highest BCUT2D eigenvalue weighted by Gasteiger charge is 2.04. The Hall–Kier alpha value is -1.55. The van der Waals surface area contributed by atoms with E-state index in [4.69, 9.17) is 9.84 Å². The Morgan fingerprint density at radius 1 is 1.21 bits per heavy atom. The van der Waals surface area contributed by atoms with Crippen molar-refractivity contribution in [3.05, 3.63) is 29.8 Å². The van der Waals surface area contributed by atoms with Gasteiger partial charge in [-0.3, -0.25) is 4.79 Å². The summed E-state index contributed by atoms with van der Waals surface area (Å²) in [5.41, 5.74) is 0.644. The van der Waals surface area contributed by atoms with Crippen molar-refractivity contribution in [2.24, 2.45) is 0 Å². The summed E-state index contributed by atoms with van der Waals surface area (Å²) in [7, 11) is 0. The third-order valence-electron chi connectivity index (χ3n) is 2.71. The van der Waals surface area contributed by atoms with Crippen LogP contribution in [0.15, 0.2) is 24.3 Å². The van der Waals surface area contributed by atoms with Crippen LogP contribution in [0.1, 0.15) is 43.0 Å². The molecule has 0 aromatic heterocycles. The molecule has 1 amide bonds. The molecule has 0 saturated heterocycles. The topological polar surface area (TPSA) is 58.6 Å². The van der Waals surface area contributed by atoms with Crippen LogP contribution in [0.25, 0.3) is 0 Å². The third-order valence-corrected chi connectivity index (χ3v) is 2.71. The van der Waals surface area contributed by atoms with Crippen molar-refractivity contribution in [2.75, 3.05) is 19.8 Å². The van der Waals surface area contributed by atoms with E-state index in [0.29, 0.717) is 18.7 Å². The fourth-order valence-corrected chi connectivity index (χ4v) is 1.64. The van der Waals surface area contributed by atoms with E-state index in [1.165, 1.54) is 0 Å². The highest BCUT2D eigenvalue weighted by Crippen LogP contribution is 2.12. The number of rotatable bonds is 9. The molecule has 19 heavy (non-hydrogen) atoms. The average molecular weight is 265 g/mol. The first-order valence-corrected chi connectivity index (χ1v) is 6.90. The van der Waals surface area contributed by atoms with Crippen LogP contribution in [-0.2, 0) is 0 Å². The first-order chi connectivity index (χ1) is 9.27. The predicted molar refractivity (Wildman–Crippen MR) is 75.5 cm³/mol. The van der Waals surface area contributed by atoms with Gasteiger partial charge in [-0.1, -0.05) is 6.92 Å². The minimum atomic E-state index is -0.0639. The van der Waals surface area contributed by atoms with E-state index in [1.807, 2.05) is 12.1 Å². The van der Waals surface area contributed by atoms with Crippen LogP contribution >= 0.6 is 0 Å². The zero-order valence-corrected chi connectivity index (χ0v) is 11.5. The Labute approximate surface area is 114 Å². The molecule has 0 aliphatic carbocycles. The molecule has 0 bridgehead atoms. The van der Waals surface area contributed by atoms with E-state index in [2.05, 4.69) is 12.2 Å². The summed E-state index contributed by atoms with van der Waals surface area (Å²) >= 11 is 0. The molecule has 0 heterocycles. The molecule has 0 aliphatic heterocycles. The molecule has 0 atom stereocenters. The van der Waals surface area contributed by atoms with Gasteiger partial charge >= 0.3 is 0 Å². The normalized spacial score (nSPS) is 10.2. The van der Waals surface area contributed by atoms with Crippen molar-refractivity contribution in [1.29, 1.82) is 0 Å². The van der Waals surface area contributed by atoms with Gasteiger partial charge in [0.25, 0.3) is 5.91 Å². The van der Waals surface area contributed by atoms with E-state index < -0.39 is 0 Å². The third kappa shape index (κ3) is 6.25. The van der Waals surface area contributed by atoms with Crippen LogP contribution in [0.3, 0.4) is 0 Å². The van der Waals surface area contributed by atoms with Crippen molar-refractivity contribution < 1.29 is 14.6 Å². The quantitative estimate of drug-likeness (QED) is 0.674. The van der Waals surface area contributed by atoms with Crippen LogP contribution in [0.4, 0.5) is 0 Å². The number of ether oxygens (including phenoxy) is 1. The number of amides is 1. The standard InChI is InChI=1S/C15H23NO3/c1-2-12-19-14-8-6-13(7-9-14)15(18)16-10-4-3-5-11-17/h6-9,17H,2-5,10-12H2,1H3,(H,16,18). The summed E-state index contributed by atoms with van der Waals surface area (Å²) in [6.45, 7) is 3.61. The summed E-state index contributed by atoms with van der Waals surface area (Å²) < 4.78 is 5.46. The summed E-state index contributed by atoms with van der Waals surface area (Å²) in [5.74, 6) is 0.729. The number of aliphatic hydroxyl groups excluding tert-OH is 1. The molecule has 1 aromatic rings. The van der Waals surface area contributed by atoms with Gasteiger partial charge in [-0.25, -0.2) is 0 Å². The molecule has 4 heteroatoms. The van der Waals surface area contributed by atoms with Crippen molar-refractivity contribution in [2.45, 2.75) is 32.6 Å². The van der Waals surface area contributed by atoms with Gasteiger partial charge in [-0.2, -0.15) is 0 Å². The van der Waals surface area contributed by atoms with Gasteiger partial charge in [-0.15, -0.1) is 0 Å². The van der Waals surface area contributed by atoms with Crippen LogP contribution < -0.4 is 10.1 Å². The maximum Gasteiger partial charge on any atom is 0.251 e. The van der Waals surface area contributed by atoms with Crippen molar-refractivity contribution in [1.82, 2.24) is 5.32 Å². The van der Waals surface area contributed by atoms with Gasteiger partial charge in [0.2, 0.25) is 0 Å². The molecule has 2 N–H and O–H groups in total. The lowest BCUT2D eigenvalue weighted by molar-refractivity contribution is 0.0953. The minimum Gasteiger partial charge on any atom is -0.494 e. The molecule has 0 aliphatic rings. The lowest BCUT2D eigenvalue weighted by Gasteiger charge is -2.07. The van der Waals surface area contributed by atoms with E-state index in [1.54, 1.807) is 12.1 Å². The summed E-state index contributed by atoms with van der Waals surface area (Å²) in [6, 6.07) is 7.18. The van der Waals surface area contributed by atoms with Crippen LogP contribution in [0.5, 0.6) is 5.75 Å². The van der Waals surface area contributed by atoms with Crippen LogP contribution in [-0.4, -0.2) is 30.8 Å². The van der Waals surface area contributed by atoms with Gasteiger partial charge in [0.05, 0.1) is 6.61 Å². The van der Waals surface area contributed by atoms with E-state index in [9.17, 15) is 4.79 Å². The second-order valence-corrected chi connectivity index (χ2v) is 4.41. The summed E-state index contributed by atoms with van der Waals surface area (Å²) in [4.78, 5) is 11.8. The van der Waals surface area contributed by atoms with Crippen molar-refractivity contribution >= 4 is 5.91 Å². The largest absolute Gasteiger partial charge is 0.494 e. The number of benzene rings is 1. The minimum absolute atomic E-state index is 0.0639. The second-order valence-electron chi connectivity index (χ2n) is 4.41. The monoisotopic (exact) mass is 265 g/mol. The Bertz CT molecular complexity index is 362. The molecule has 0 radical (unpaired) electrons. The van der Waals surface area contributed by atoms with Crippen LogP contribution in [0.2, 0.25) is 0 Å². The SMILES string of the molecule is CCCOc1ccc(C(=O)NCCCCCO)cc1. The number of carbonyl (C=O) groups is 1. The Morgan fingerprint density at radius 3 is 2.58 bits per heavy atom. The second kappa shape index (κ2) is 9.39. The molecule has 4 nitrogen and oxygen atoms in total. The molecule has 0 fully saturated rings. The maximum absolute atomic E-state index is 11.8.